The van der Waals surface area contributed by atoms with Crippen LogP contribution in [-0.2, 0) is 6.61 Å². The van der Waals surface area contributed by atoms with Gasteiger partial charge in [0.1, 0.15) is 5.75 Å². The van der Waals surface area contributed by atoms with Crippen molar-refractivity contribution in [1.29, 1.82) is 0 Å². The van der Waals surface area contributed by atoms with Crippen molar-refractivity contribution in [2.24, 2.45) is 11.5 Å². The number of methoxy groups -OCH3 is 1. The topological polar surface area (TPSA) is 123 Å². The lowest BCUT2D eigenvalue weighted by molar-refractivity contribution is 0.100. The molecule has 3 aromatic rings. The van der Waals surface area contributed by atoms with Gasteiger partial charge in [-0.25, -0.2) is 0 Å². The van der Waals surface area contributed by atoms with E-state index in [0.29, 0.717) is 38.5 Å². The molecule has 0 radical (unpaired) electrons. The van der Waals surface area contributed by atoms with E-state index in [1.54, 1.807) is 31.4 Å². The lowest BCUT2D eigenvalue weighted by atomic mass is 10.0. The first-order chi connectivity index (χ1) is 13.5. The van der Waals surface area contributed by atoms with Crippen molar-refractivity contribution >= 4 is 34.1 Å². The zero-order valence-electron chi connectivity index (χ0n) is 15.3. The van der Waals surface area contributed by atoms with Crippen LogP contribution in [0.2, 0.25) is 5.02 Å². The minimum Gasteiger partial charge on any atom is -0.495 e. The number of hydrogen-bond acceptors (Lipinski definition) is 6. The Balaban J connectivity index is 2.10. The molecular weight excluding hydrogens is 380 g/mol. The number of amides is 1. The minimum atomic E-state index is -0.571. The number of aromatic nitrogens is 1. The molecule has 3 rings (SSSR count). The van der Waals surface area contributed by atoms with Gasteiger partial charge in [0.25, 0.3) is 5.91 Å². The molecule has 0 aliphatic carbocycles. The third kappa shape index (κ3) is 3.73. The zero-order chi connectivity index (χ0) is 20.3. The molecule has 0 bridgehead atoms. The second kappa shape index (κ2) is 8.43. The van der Waals surface area contributed by atoms with E-state index in [1.807, 2.05) is 12.1 Å². The molecule has 8 heteroatoms. The maximum atomic E-state index is 11.7. The van der Waals surface area contributed by atoms with Gasteiger partial charge in [0.05, 0.1) is 41.5 Å². The number of carbonyl (C=O) groups is 1. The van der Waals surface area contributed by atoms with Crippen molar-refractivity contribution < 1.29 is 14.6 Å². The summed E-state index contributed by atoms with van der Waals surface area (Å²) in [7, 11) is 1.55. The van der Waals surface area contributed by atoms with Gasteiger partial charge < -0.3 is 26.6 Å². The normalized spacial score (nSPS) is 12.0. The van der Waals surface area contributed by atoms with Crippen molar-refractivity contribution in [2.75, 3.05) is 19.0 Å². The molecule has 7 nitrogen and oxygen atoms in total. The van der Waals surface area contributed by atoms with Gasteiger partial charge in [0.15, 0.2) is 0 Å². The highest BCUT2D eigenvalue weighted by molar-refractivity contribution is 6.32. The highest BCUT2D eigenvalue weighted by atomic mass is 35.5. The number of benzene rings is 2. The molecule has 0 spiro atoms. The van der Waals surface area contributed by atoms with Crippen LogP contribution in [0.25, 0.3) is 10.9 Å². The van der Waals surface area contributed by atoms with Crippen LogP contribution < -0.4 is 21.5 Å². The largest absolute Gasteiger partial charge is 0.495 e. The van der Waals surface area contributed by atoms with E-state index in [4.69, 9.17) is 27.8 Å². The second-order valence-corrected chi connectivity index (χ2v) is 6.62. The number of nitrogens with two attached hydrogens (primary N) is 2. The van der Waals surface area contributed by atoms with E-state index in [1.165, 1.54) is 6.20 Å². The van der Waals surface area contributed by atoms with Gasteiger partial charge >= 0.3 is 0 Å². The summed E-state index contributed by atoms with van der Waals surface area (Å²) in [6.07, 6.45) is 1.52. The Kier molecular flexibility index (Phi) is 5.99. The second-order valence-electron chi connectivity index (χ2n) is 6.21. The van der Waals surface area contributed by atoms with Crippen molar-refractivity contribution in [2.45, 2.75) is 12.6 Å². The van der Waals surface area contributed by atoms with E-state index in [0.717, 1.165) is 5.56 Å². The molecule has 1 atom stereocenters. The Morgan fingerprint density at radius 3 is 2.75 bits per heavy atom. The fourth-order valence-corrected chi connectivity index (χ4v) is 3.37. The van der Waals surface area contributed by atoms with E-state index in [2.05, 4.69) is 10.3 Å². The van der Waals surface area contributed by atoms with Crippen molar-refractivity contribution in [3.05, 3.63) is 64.3 Å². The molecule has 0 unspecified atom stereocenters. The molecule has 1 heterocycles. The molecule has 0 saturated carbocycles. The summed E-state index contributed by atoms with van der Waals surface area (Å²) >= 11 is 6.25. The van der Waals surface area contributed by atoms with Crippen molar-refractivity contribution in [3.63, 3.8) is 0 Å². The number of pyridine rings is 1. The van der Waals surface area contributed by atoms with Crippen LogP contribution in [0, 0.1) is 0 Å². The SMILES string of the molecule is COc1ccc([C@@H](CN)Nc2c(CO)cnc3c(C(N)=O)cccc23)cc1Cl. The Hall–Kier alpha value is -2.87. The number of aliphatic hydroxyl groups excluding tert-OH is 1. The molecule has 0 aliphatic rings. The maximum Gasteiger partial charge on any atom is 0.250 e. The quantitative estimate of drug-likeness (QED) is 0.483. The summed E-state index contributed by atoms with van der Waals surface area (Å²) in [4.78, 5) is 16.1. The molecule has 28 heavy (non-hydrogen) atoms. The fraction of sp³-hybridized carbons (Fsp3) is 0.200. The summed E-state index contributed by atoms with van der Waals surface area (Å²) in [6, 6.07) is 10.3. The van der Waals surface area contributed by atoms with Gasteiger partial charge in [-0.05, 0) is 23.8 Å². The molecular formula is C20H21ClN4O3. The number of anilines is 1. The lowest BCUT2D eigenvalue weighted by Gasteiger charge is -2.22. The van der Waals surface area contributed by atoms with Crippen molar-refractivity contribution in [1.82, 2.24) is 4.98 Å². The molecule has 2 aromatic carbocycles. The first kappa shape index (κ1) is 19.9. The van der Waals surface area contributed by atoms with E-state index in [9.17, 15) is 9.90 Å². The number of halogens is 1. The highest BCUT2D eigenvalue weighted by Crippen LogP contribution is 2.33. The first-order valence-corrected chi connectivity index (χ1v) is 8.99. The van der Waals surface area contributed by atoms with Gasteiger partial charge in [-0.1, -0.05) is 29.8 Å². The van der Waals surface area contributed by atoms with Crippen LogP contribution in [0.4, 0.5) is 5.69 Å². The van der Waals surface area contributed by atoms with E-state index < -0.39 is 5.91 Å². The molecule has 1 amide bonds. The van der Waals surface area contributed by atoms with Crippen LogP contribution in [0.15, 0.2) is 42.6 Å². The smallest absolute Gasteiger partial charge is 0.250 e. The predicted octanol–water partition coefficient (Wildman–Crippen LogP) is 2.60. The van der Waals surface area contributed by atoms with Crippen LogP contribution in [0.3, 0.4) is 0 Å². The Bertz CT molecular complexity index is 1030. The Morgan fingerprint density at radius 2 is 2.14 bits per heavy atom. The van der Waals surface area contributed by atoms with Crippen LogP contribution in [-0.4, -0.2) is 29.7 Å². The van der Waals surface area contributed by atoms with E-state index in [-0.39, 0.29) is 19.2 Å². The number of primary amides is 1. The fourth-order valence-electron chi connectivity index (χ4n) is 3.11. The summed E-state index contributed by atoms with van der Waals surface area (Å²) in [6.45, 7) is 0.0413. The molecule has 0 aliphatic heterocycles. The van der Waals surface area contributed by atoms with Gasteiger partial charge in [0.2, 0.25) is 0 Å². The van der Waals surface area contributed by atoms with Crippen molar-refractivity contribution in [3.8, 4) is 5.75 Å². The summed E-state index contributed by atoms with van der Waals surface area (Å²) in [5, 5.41) is 14.3. The summed E-state index contributed by atoms with van der Waals surface area (Å²) < 4.78 is 5.19. The summed E-state index contributed by atoms with van der Waals surface area (Å²) in [5.41, 5.74) is 14.3. The number of fused-ring (bicyclic) bond motifs is 1. The van der Waals surface area contributed by atoms with Gasteiger partial charge in [-0.2, -0.15) is 0 Å². The molecule has 1 aromatic heterocycles. The molecule has 0 fully saturated rings. The predicted molar refractivity (Wildman–Crippen MR) is 110 cm³/mol. The van der Waals surface area contributed by atoms with Gasteiger partial charge in [0, 0.05) is 23.7 Å². The molecule has 146 valence electrons. The zero-order valence-corrected chi connectivity index (χ0v) is 16.0. The number of ether oxygens (including phenoxy) is 1. The number of nitrogens with zero attached hydrogens (tertiary/aromatic N) is 1. The summed E-state index contributed by atoms with van der Waals surface area (Å²) in [5.74, 6) is -0.00388. The average Bonchev–Trinajstić information content (AvgIpc) is 2.71. The van der Waals surface area contributed by atoms with Gasteiger partial charge in [-0.15, -0.1) is 0 Å². The number of rotatable bonds is 7. The van der Waals surface area contributed by atoms with Crippen LogP contribution >= 0.6 is 11.6 Å². The third-order valence-electron chi connectivity index (χ3n) is 4.54. The standard InChI is InChI=1S/C20H21ClN4O3/c1-28-17-6-5-11(7-15(17)21)16(8-22)25-18-12(10-26)9-24-19-13(18)3-2-4-14(19)20(23)27/h2-7,9,16,26H,8,10,22H2,1H3,(H2,23,27)(H,24,25)/t16-/m1/s1. The monoisotopic (exact) mass is 400 g/mol. The van der Waals surface area contributed by atoms with Crippen LogP contribution in [0.1, 0.15) is 27.5 Å². The third-order valence-corrected chi connectivity index (χ3v) is 4.84. The number of hydrogen-bond donors (Lipinski definition) is 4. The molecule has 0 saturated heterocycles. The number of para-hydroxylation sites is 1. The Morgan fingerprint density at radius 1 is 1.36 bits per heavy atom. The van der Waals surface area contributed by atoms with Crippen LogP contribution in [0.5, 0.6) is 5.75 Å². The first-order valence-electron chi connectivity index (χ1n) is 8.61. The lowest BCUT2D eigenvalue weighted by Crippen LogP contribution is -2.22. The number of nitrogens with one attached hydrogen (secondary N) is 1. The molecule has 6 N–H and O–H groups in total. The maximum absolute atomic E-state index is 11.7. The van der Waals surface area contributed by atoms with Gasteiger partial charge in [-0.3, -0.25) is 9.78 Å². The average molecular weight is 401 g/mol. The highest BCUT2D eigenvalue weighted by Gasteiger charge is 2.18. The number of carbonyl (C=O) groups excluding carboxylic acids is 1. The van der Waals surface area contributed by atoms with E-state index >= 15 is 0 Å². The number of aliphatic hydroxyl groups is 1. The minimum absolute atomic E-state index is 0.229. The Labute approximate surface area is 167 Å².